The highest BCUT2D eigenvalue weighted by Crippen LogP contribution is 2.39. The summed E-state index contributed by atoms with van der Waals surface area (Å²) in [5.41, 5.74) is 9.85. The fourth-order valence-corrected chi connectivity index (χ4v) is 6.32. The lowest BCUT2D eigenvalue weighted by molar-refractivity contribution is 0.476. The van der Waals surface area contributed by atoms with E-state index in [0.717, 1.165) is 5.39 Å². The van der Waals surface area contributed by atoms with Crippen LogP contribution in [0.3, 0.4) is 0 Å². The number of aromatic nitrogens is 2. The first kappa shape index (κ1) is 27.0. The topological polar surface area (TPSA) is 110 Å². The van der Waals surface area contributed by atoms with E-state index < -0.39 is 34.0 Å². The van der Waals surface area contributed by atoms with E-state index in [4.69, 9.17) is 17.3 Å². The first-order valence-corrected chi connectivity index (χ1v) is 17.2. The normalized spacial score (nSPS) is 20.6. The molecule has 11 heteroatoms. The molecule has 3 heterocycles. The molecule has 2 aromatic heterocycles. The number of pyridine rings is 2. The van der Waals surface area contributed by atoms with Gasteiger partial charge in [0, 0.05) is 34.6 Å². The number of amidine groups is 1. The predicted molar refractivity (Wildman–Crippen MR) is 151 cm³/mol. The Bertz CT molecular complexity index is 1620. The SMILES string of the molecule is CC1(C)C(N)=N[C@](C)(c2cc(Nc3ncc(C#C[Si-](C)(C)C)c4cc(Cl)cnc34)ccc2F)CS1(=O)=O. The number of hydrogen-bond acceptors (Lipinski definition) is 7. The zero-order valence-electron chi connectivity index (χ0n) is 21.6. The van der Waals surface area contributed by atoms with Gasteiger partial charge in [-0.25, -0.2) is 17.8 Å². The third-order valence-electron chi connectivity index (χ3n) is 6.31. The molecule has 0 amide bonds. The maximum absolute atomic E-state index is 15.1. The van der Waals surface area contributed by atoms with Crippen LogP contribution in [0.5, 0.6) is 0 Å². The maximum Gasteiger partial charge on any atom is 0.165 e. The van der Waals surface area contributed by atoms with Crippen molar-refractivity contribution in [3.05, 3.63) is 58.6 Å². The minimum atomic E-state index is -3.70. The summed E-state index contributed by atoms with van der Waals surface area (Å²) in [5, 5.41) is 4.39. The van der Waals surface area contributed by atoms with Crippen LogP contribution in [-0.4, -0.2) is 42.8 Å². The summed E-state index contributed by atoms with van der Waals surface area (Å²) >= 11 is 6.23. The van der Waals surface area contributed by atoms with E-state index in [2.05, 4.69) is 51.4 Å². The zero-order chi connectivity index (χ0) is 27.4. The highest BCUT2D eigenvalue weighted by molar-refractivity contribution is 7.93. The summed E-state index contributed by atoms with van der Waals surface area (Å²) in [6.45, 7) is 11.0. The van der Waals surface area contributed by atoms with Crippen molar-refractivity contribution >= 4 is 57.8 Å². The number of halogens is 2. The molecule has 3 aromatic rings. The minimum Gasteiger partial charge on any atom is -0.386 e. The van der Waals surface area contributed by atoms with E-state index in [9.17, 15) is 8.42 Å². The molecule has 37 heavy (non-hydrogen) atoms. The second-order valence-electron chi connectivity index (χ2n) is 10.9. The summed E-state index contributed by atoms with van der Waals surface area (Å²) < 4.78 is 39.7. The number of fused-ring (bicyclic) bond motifs is 1. The first-order valence-electron chi connectivity index (χ1n) is 11.6. The smallest absolute Gasteiger partial charge is 0.165 e. The summed E-state index contributed by atoms with van der Waals surface area (Å²) in [4.78, 5) is 13.4. The van der Waals surface area contributed by atoms with E-state index in [-0.39, 0.29) is 17.2 Å². The highest BCUT2D eigenvalue weighted by Gasteiger charge is 2.49. The number of nitrogens with zero attached hydrogens (tertiary/aromatic N) is 3. The van der Waals surface area contributed by atoms with Gasteiger partial charge in [-0.15, -0.1) is 5.92 Å². The van der Waals surface area contributed by atoms with Crippen LogP contribution in [0.1, 0.15) is 31.9 Å². The summed E-state index contributed by atoms with van der Waals surface area (Å²) in [6, 6.07) is 6.12. The molecule has 3 N–H and O–H groups in total. The van der Waals surface area contributed by atoms with Crippen LogP contribution < -0.4 is 11.1 Å². The van der Waals surface area contributed by atoms with Gasteiger partial charge in [0.15, 0.2) is 15.7 Å². The summed E-state index contributed by atoms with van der Waals surface area (Å²) in [7, 11) is -5.33. The second-order valence-corrected chi connectivity index (χ2v) is 18.7. The van der Waals surface area contributed by atoms with Gasteiger partial charge in [-0.1, -0.05) is 19.7 Å². The number of rotatable bonds is 3. The molecule has 0 radical (unpaired) electrons. The fourth-order valence-electron chi connectivity index (χ4n) is 3.97. The highest BCUT2D eigenvalue weighted by atomic mass is 35.5. The van der Waals surface area contributed by atoms with E-state index in [0.29, 0.717) is 27.6 Å². The number of nitrogens with two attached hydrogens (primary N) is 1. The molecule has 1 aromatic carbocycles. The largest absolute Gasteiger partial charge is 0.386 e. The molecule has 1 aliphatic heterocycles. The van der Waals surface area contributed by atoms with Crippen molar-refractivity contribution < 1.29 is 12.8 Å². The predicted octanol–water partition coefficient (Wildman–Crippen LogP) is 5.17. The minimum absolute atomic E-state index is 0.0530. The number of benzene rings is 1. The van der Waals surface area contributed by atoms with Crippen molar-refractivity contribution in [1.82, 2.24) is 9.97 Å². The molecule has 0 aliphatic carbocycles. The Kier molecular flexibility index (Phi) is 6.64. The van der Waals surface area contributed by atoms with Gasteiger partial charge in [-0.2, -0.15) is 19.6 Å². The average Bonchev–Trinajstić information content (AvgIpc) is 2.77. The van der Waals surface area contributed by atoms with Crippen molar-refractivity contribution in [3.63, 3.8) is 0 Å². The molecule has 0 bridgehead atoms. The van der Waals surface area contributed by atoms with Crippen molar-refractivity contribution in [2.24, 2.45) is 10.7 Å². The summed E-state index contributed by atoms with van der Waals surface area (Å²) in [6.07, 6.45) is 3.18. The van der Waals surface area contributed by atoms with Crippen LogP contribution in [0, 0.1) is 17.3 Å². The molecular weight excluding hydrogens is 529 g/mol. The van der Waals surface area contributed by atoms with Gasteiger partial charge in [-0.05, 0) is 45.0 Å². The molecule has 1 atom stereocenters. The molecule has 0 unspecified atom stereocenters. The molecule has 0 fully saturated rings. The van der Waals surface area contributed by atoms with Crippen molar-refractivity contribution in [3.8, 4) is 11.5 Å². The van der Waals surface area contributed by atoms with E-state index in [1.807, 2.05) is 0 Å². The number of hydrogen-bond donors (Lipinski definition) is 2. The number of aliphatic imine (C=N–C) groups is 1. The van der Waals surface area contributed by atoms with Crippen LogP contribution in [0.2, 0.25) is 24.7 Å². The van der Waals surface area contributed by atoms with Crippen molar-refractivity contribution in [1.29, 1.82) is 0 Å². The Morgan fingerprint density at radius 3 is 2.49 bits per heavy atom. The Labute approximate surface area is 222 Å². The standard InChI is InChI=1S/C26H29ClFN5O2SSi/c1-25(2)24(29)33-26(3,15-36(25,34)35)20-12-18(7-8-21(20)28)32-23-22-19(11-17(27)14-30-22)16(13-31-23)9-10-37(4,5)6/h7-8,11-14H,15H2,1-6H3,(H2,29,33)(H,31,32)/q-1/t26-/m0/s1. The molecule has 1 aliphatic rings. The number of anilines is 2. The molecule has 195 valence electrons. The lowest BCUT2D eigenvalue weighted by atomic mass is 9.92. The van der Waals surface area contributed by atoms with Gasteiger partial charge < -0.3 is 11.1 Å². The van der Waals surface area contributed by atoms with Crippen molar-refractivity contribution in [2.45, 2.75) is 50.7 Å². The van der Waals surface area contributed by atoms with Gasteiger partial charge >= 0.3 is 0 Å². The second kappa shape index (κ2) is 9.08. The Balaban J connectivity index is 1.79. The van der Waals surface area contributed by atoms with Crippen molar-refractivity contribution in [2.75, 3.05) is 11.1 Å². The fraction of sp³-hybridized carbons (Fsp3) is 0.346. The van der Waals surface area contributed by atoms with E-state index in [1.165, 1.54) is 32.2 Å². The van der Waals surface area contributed by atoms with Crippen LogP contribution in [0.15, 0.2) is 41.7 Å². The molecular formula is C26H29ClFN5O2SSi-. The quantitative estimate of drug-likeness (QED) is 0.339. The summed E-state index contributed by atoms with van der Waals surface area (Å²) in [5.74, 6) is 2.63. The third kappa shape index (κ3) is 5.21. The van der Waals surface area contributed by atoms with Crippen LogP contribution in [0.4, 0.5) is 15.9 Å². The lowest BCUT2D eigenvalue weighted by Crippen LogP contribution is -2.54. The average molecular weight is 558 g/mol. The Hall–Kier alpha value is -3.00. The lowest BCUT2D eigenvalue weighted by Gasteiger charge is -2.38. The molecule has 0 saturated heterocycles. The van der Waals surface area contributed by atoms with Gasteiger partial charge in [0.1, 0.15) is 27.5 Å². The van der Waals surface area contributed by atoms with Crippen LogP contribution >= 0.6 is 11.6 Å². The Morgan fingerprint density at radius 1 is 1.14 bits per heavy atom. The molecule has 0 spiro atoms. The first-order chi connectivity index (χ1) is 17.0. The van der Waals surface area contributed by atoms with Gasteiger partial charge in [0.05, 0.1) is 10.8 Å². The maximum atomic E-state index is 15.1. The Morgan fingerprint density at radius 2 is 1.84 bits per heavy atom. The van der Waals surface area contributed by atoms with Gasteiger partial charge in [0.25, 0.3) is 0 Å². The van der Waals surface area contributed by atoms with Gasteiger partial charge in [0.2, 0.25) is 0 Å². The van der Waals surface area contributed by atoms with Crippen LogP contribution in [-0.2, 0) is 15.4 Å². The number of nitrogens with one attached hydrogen (secondary N) is 1. The van der Waals surface area contributed by atoms with Gasteiger partial charge in [-0.3, -0.25) is 15.5 Å². The molecule has 4 rings (SSSR count). The van der Waals surface area contributed by atoms with E-state index in [1.54, 1.807) is 25.3 Å². The number of sulfone groups is 1. The third-order valence-corrected chi connectivity index (χ3v) is 10.1. The zero-order valence-corrected chi connectivity index (χ0v) is 24.1. The molecule has 7 nitrogen and oxygen atoms in total. The van der Waals surface area contributed by atoms with E-state index >= 15 is 4.39 Å². The monoisotopic (exact) mass is 557 g/mol. The molecule has 0 saturated carbocycles. The van der Waals surface area contributed by atoms with Crippen LogP contribution in [0.25, 0.3) is 10.9 Å².